The lowest BCUT2D eigenvalue weighted by Gasteiger charge is -2.26. The summed E-state index contributed by atoms with van der Waals surface area (Å²) in [6, 6.07) is 11.4. The van der Waals surface area contributed by atoms with Crippen LogP contribution in [0.4, 0.5) is 5.69 Å². The second-order valence-electron chi connectivity index (χ2n) is 7.50. The third-order valence-corrected chi connectivity index (χ3v) is 6.92. The number of benzene rings is 2. The van der Waals surface area contributed by atoms with Gasteiger partial charge < -0.3 is 19.1 Å². The topological polar surface area (TPSA) is 51.2 Å². The number of rotatable bonds is 11. The molecule has 8 heteroatoms. The van der Waals surface area contributed by atoms with Crippen molar-refractivity contribution in [3.05, 3.63) is 47.0 Å². The van der Waals surface area contributed by atoms with Crippen LogP contribution in [0.3, 0.4) is 0 Å². The van der Waals surface area contributed by atoms with Crippen LogP contribution < -0.4 is 14.4 Å². The van der Waals surface area contributed by atoms with Crippen LogP contribution in [0.5, 0.6) is 11.5 Å². The number of hydrogen-bond acceptors (Lipinski definition) is 6. The molecule has 2 aromatic carbocycles. The van der Waals surface area contributed by atoms with Crippen molar-refractivity contribution in [2.75, 3.05) is 52.0 Å². The lowest BCUT2D eigenvalue weighted by molar-refractivity contribution is -0.116. The molecular formula is C24H31ClN2O4S. The van der Waals surface area contributed by atoms with Gasteiger partial charge in [0.2, 0.25) is 5.91 Å². The van der Waals surface area contributed by atoms with Crippen LogP contribution in [-0.4, -0.2) is 57.9 Å². The summed E-state index contributed by atoms with van der Waals surface area (Å²) in [6.45, 7) is 7.86. The zero-order valence-corrected chi connectivity index (χ0v) is 20.7. The lowest BCUT2D eigenvalue weighted by Crippen LogP contribution is -2.29. The van der Waals surface area contributed by atoms with Gasteiger partial charge in [0.25, 0.3) is 0 Å². The number of carbonyl (C=O) groups excluding carboxylic acids is 1. The number of carbonyl (C=O) groups is 1. The van der Waals surface area contributed by atoms with Crippen LogP contribution in [-0.2, 0) is 9.53 Å². The van der Waals surface area contributed by atoms with Gasteiger partial charge in [0.15, 0.2) is 0 Å². The fourth-order valence-corrected chi connectivity index (χ4v) is 5.35. The van der Waals surface area contributed by atoms with Crippen LogP contribution >= 0.6 is 23.4 Å². The van der Waals surface area contributed by atoms with Crippen molar-refractivity contribution in [2.45, 2.75) is 30.5 Å². The molecule has 3 rings (SSSR count). The standard InChI is InChI=1S/C24H31ClN2O4S/c1-5-26(12-14-29-3)11-6-13-31-22-10-8-19(30-4)16-20(22)24-27(17(2)28)21-9-7-18(25)15-23(21)32-24/h7-10,15-16,24H,5-6,11-14H2,1-4H3. The van der Waals surface area contributed by atoms with Crippen molar-refractivity contribution in [3.8, 4) is 11.5 Å². The molecule has 0 spiro atoms. The Morgan fingerprint density at radius 2 is 1.97 bits per heavy atom. The van der Waals surface area contributed by atoms with Crippen LogP contribution in [0.25, 0.3) is 0 Å². The Bertz CT molecular complexity index is 927. The fraction of sp³-hybridized carbons (Fsp3) is 0.458. The van der Waals surface area contributed by atoms with Crippen molar-refractivity contribution < 1.29 is 19.0 Å². The molecule has 1 aliphatic heterocycles. The number of nitrogens with zero attached hydrogens (tertiary/aromatic N) is 2. The molecule has 0 saturated carbocycles. The number of thioether (sulfide) groups is 1. The SMILES string of the molecule is CCN(CCCOc1ccc(OC)cc1C1Sc2cc(Cl)ccc2N1C(C)=O)CCOC. The van der Waals surface area contributed by atoms with Gasteiger partial charge in [-0.25, -0.2) is 0 Å². The molecule has 174 valence electrons. The average molecular weight is 479 g/mol. The summed E-state index contributed by atoms with van der Waals surface area (Å²) in [6.07, 6.45) is 0.896. The molecule has 6 nitrogen and oxygen atoms in total. The van der Waals surface area contributed by atoms with E-state index in [0.717, 1.165) is 60.3 Å². The van der Waals surface area contributed by atoms with Crippen molar-refractivity contribution in [3.63, 3.8) is 0 Å². The van der Waals surface area contributed by atoms with E-state index in [-0.39, 0.29) is 11.3 Å². The smallest absolute Gasteiger partial charge is 0.225 e. The van der Waals surface area contributed by atoms with E-state index in [4.69, 9.17) is 25.8 Å². The summed E-state index contributed by atoms with van der Waals surface area (Å²) in [5.41, 5.74) is 1.77. The van der Waals surface area contributed by atoms with Gasteiger partial charge in [-0.1, -0.05) is 30.3 Å². The van der Waals surface area contributed by atoms with E-state index in [0.29, 0.717) is 11.6 Å². The van der Waals surface area contributed by atoms with E-state index in [1.165, 1.54) is 0 Å². The number of ether oxygens (including phenoxy) is 3. The Kier molecular flexibility index (Phi) is 9.11. The van der Waals surface area contributed by atoms with Gasteiger partial charge in [0, 0.05) is 42.6 Å². The first-order valence-electron chi connectivity index (χ1n) is 10.8. The number of likely N-dealkylation sites (N-methyl/N-ethyl adjacent to an activating group) is 1. The van der Waals surface area contributed by atoms with E-state index >= 15 is 0 Å². The highest BCUT2D eigenvalue weighted by atomic mass is 35.5. The maximum Gasteiger partial charge on any atom is 0.225 e. The minimum Gasteiger partial charge on any atom is -0.497 e. The molecule has 1 atom stereocenters. The van der Waals surface area contributed by atoms with E-state index in [1.54, 1.807) is 37.8 Å². The molecule has 0 fully saturated rings. The Morgan fingerprint density at radius 3 is 2.66 bits per heavy atom. The minimum atomic E-state index is -0.250. The van der Waals surface area contributed by atoms with E-state index in [2.05, 4.69) is 11.8 Å². The summed E-state index contributed by atoms with van der Waals surface area (Å²) < 4.78 is 16.9. The van der Waals surface area contributed by atoms with Crippen molar-refractivity contribution in [2.24, 2.45) is 0 Å². The maximum atomic E-state index is 12.6. The molecule has 2 aromatic rings. The maximum absolute atomic E-state index is 12.6. The van der Waals surface area contributed by atoms with Crippen LogP contribution in [0.1, 0.15) is 31.2 Å². The molecule has 1 unspecified atom stereocenters. The molecule has 1 aliphatic rings. The highest BCUT2D eigenvalue weighted by Crippen LogP contribution is 2.54. The Hall–Kier alpha value is -1.93. The van der Waals surface area contributed by atoms with Gasteiger partial charge >= 0.3 is 0 Å². The summed E-state index contributed by atoms with van der Waals surface area (Å²) in [4.78, 5) is 17.7. The second kappa shape index (κ2) is 11.8. The van der Waals surface area contributed by atoms with Crippen LogP contribution in [0.15, 0.2) is 41.3 Å². The predicted molar refractivity (Wildman–Crippen MR) is 130 cm³/mol. The second-order valence-corrected chi connectivity index (χ2v) is 9.06. The first kappa shape index (κ1) is 24.7. The number of hydrogen-bond donors (Lipinski definition) is 0. The molecule has 0 bridgehead atoms. The summed E-state index contributed by atoms with van der Waals surface area (Å²) in [5, 5.41) is 0.399. The summed E-state index contributed by atoms with van der Waals surface area (Å²) in [7, 11) is 3.36. The minimum absolute atomic E-state index is 0.0333. The van der Waals surface area contributed by atoms with E-state index in [1.807, 2.05) is 36.4 Å². The predicted octanol–water partition coefficient (Wildman–Crippen LogP) is 5.24. The molecule has 0 radical (unpaired) electrons. The Labute approximate surface area is 199 Å². The van der Waals surface area contributed by atoms with Crippen LogP contribution in [0.2, 0.25) is 5.02 Å². The highest BCUT2D eigenvalue weighted by Gasteiger charge is 2.36. The number of fused-ring (bicyclic) bond motifs is 1. The first-order chi connectivity index (χ1) is 15.5. The zero-order chi connectivity index (χ0) is 23.1. The van der Waals surface area contributed by atoms with E-state index in [9.17, 15) is 4.79 Å². The normalized spacial score (nSPS) is 15.2. The van der Waals surface area contributed by atoms with Gasteiger partial charge in [-0.2, -0.15) is 0 Å². The third kappa shape index (κ3) is 5.90. The number of halogens is 1. The number of methoxy groups -OCH3 is 2. The molecule has 0 aliphatic carbocycles. The molecule has 0 aromatic heterocycles. The van der Waals surface area contributed by atoms with Crippen molar-refractivity contribution in [1.82, 2.24) is 4.90 Å². The van der Waals surface area contributed by atoms with Gasteiger partial charge in [-0.3, -0.25) is 9.69 Å². The molecule has 1 heterocycles. The first-order valence-corrected chi connectivity index (χ1v) is 12.0. The zero-order valence-electron chi connectivity index (χ0n) is 19.1. The van der Waals surface area contributed by atoms with Gasteiger partial charge in [-0.05, 0) is 49.4 Å². The third-order valence-electron chi connectivity index (χ3n) is 5.41. The molecule has 32 heavy (non-hydrogen) atoms. The van der Waals surface area contributed by atoms with Crippen LogP contribution in [0, 0.1) is 0 Å². The molecule has 0 saturated heterocycles. The Morgan fingerprint density at radius 1 is 1.16 bits per heavy atom. The van der Waals surface area contributed by atoms with E-state index < -0.39 is 0 Å². The van der Waals surface area contributed by atoms with Crippen molar-refractivity contribution >= 4 is 35.0 Å². The van der Waals surface area contributed by atoms with Crippen molar-refractivity contribution in [1.29, 1.82) is 0 Å². The van der Waals surface area contributed by atoms with Gasteiger partial charge in [-0.15, -0.1) is 0 Å². The largest absolute Gasteiger partial charge is 0.497 e. The lowest BCUT2D eigenvalue weighted by atomic mass is 10.1. The summed E-state index contributed by atoms with van der Waals surface area (Å²) in [5.74, 6) is 1.45. The fourth-order valence-electron chi connectivity index (χ4n) is 3.71. The summed E-state index contributed by atoms with van der Waals surface area (Å²) >= 11 is 7.80. The number of amides is 1. The average Bonchev–Trinajstić information content (AvgIpc) is 3.17. The van der Waals surface area contributed by atoms with Gasteiger partial charge in [0.05, 0.1) is 26.0 Å². The van der Waals surface area contributed by atoms with Gasteiger partial charge in [0.1, 0.15) is 16.9 Å². The molecule has 1 amide bonds. The Balaban J connectivity index is 1.78. The quantitative estimate of drug-likeness (QED) is 0.411. The monoisotopic (exact) mass is 478 g/mol. The number of anilines is 1. The molecular weight excluding hydrogens is 448 g/mol. The highest BCUT2D eigenvalue weighted by molar-refractivity contribution is 8.00. The molecule has 0 N–H and O–H groups in total.